The summed E-state index contributed by atoms with van der Waals surface area (Å²) >= 11 is 0. The Hall–Kier alpha value is -1.59. The van der Waals surface area contributed by atoms with E-state index in [0.29, 0.717) is 23.7 Å². The van der Waals surface area contributed by atoms with Crippen molar-refractivity contribution in [3.8, 4) is 0 Å². The highest BCUT2D eigenvalue weighted by Crippen LogP contribution is 2.78. The van der Waals surface area contributed by atoms with Crippen LogP contribution < -0.4 is 0 Å². The van der Waals surface area contributed by atoms with E-state index in [9.17, 15) is 14.4 Å². The molecule has 5 aliphatic carbocycles. The molecule has 0 spiro atoms. The zero-order chi connectivity index (χ0) is 29.1. The highest BCUT2D eigenvalue weighted by atomic mass is 16.6. The highest BCUT2D eigenvalue weighted by Gasteiger charge is 2.75. The number of carbonyl (C=O) groups excluding carboxylic acids is 2. The molecule has 0 aromatic rings. The number of carbonyl (C=O) groups is 3. The average Bonchev–Trinajstić information content (AvgIpc) is 3.12. The maximum Gasteiger partial charge on any atom is 0.312 e. The van der Waals surface area contributed by atoms with Crippen molar-refractivity contribution < 1.29 is 29.0 Å². The molecule has 224 valence electrons. The molecule has 10 atom stereocenters. The van der Waals surface area contributed by atoms with E-state index in [1.54, 1.807) is 0 Å². The molecular formula is C34H52O6. The summed E-state index contributed by atoms with van der Waals surface area (Å²) in [5.74, 6) is 0.697. The molecule has 6 fully saturated rings. The molecule has 0 radical (unpaired) electrons. The lowest BCUT2D eigenvalue weighted by Crippen LogP contribution is -2.68. The normalized spacial score (nSPS) is 49.9. The number of hydrogen-bond donors (Lipinski definition) is 1. The molecular weight excluding hydrogens is 504 g/mol. The van der Waals surface area contributed by atoms with Gasteiger partial charge in [0.2, 0.25) is 0 Å². The minimum Gasteiger partial charge on any atom is -0.481 e. The topological polar surface area (TPSA) is 89.9 Å². The second kappa shape index (κ2) is 8.72. The van der Waals surface area contributed by atoms with Crippen LogP contribution in [0.3, 0.4) is 0 Å². The third kappa shape index (κ3) is 3.55. The van der Waals surface area contributed by atoms with Gasteiger partial charge < -0.3 is 14.6 Å². The number of carboxylic acid groups (broad SMARTS) is 1. The highest BCUT2D eigenvalue weighted by molar-refractivity contribution is 5.81. The zero-order valence-electron chi connectivity index (χ0n) is 25.9. The molecule has 6 heteroatoms. The quantitative estimate of drug-likeness (QED) is 0.369. The van der Waals surface area contributed by atoms with E-state index >= 15 is 0 Å². The molecule has 1 N–H and O–H groups in total. The molecule has 1 heterocycles. The summed E-state index contributed by atoms with van der Waals surface area (Å²) in [6.45, 7) is 16.9. The van der Waals surface area contributed by atoms with Crippen LogP contribution in [0.5, 0.6) is 0 Å². The first-order valence-corrected chi connectivity index (χ1v) is 16.2. The fraction of sp³-hybridized carbons (Fsp3) is 0.912. The van der Waals surface area contributed by atoms with Crippen LogP contribution in [0.4, 0.5) is 0 Å². The van der Waals surface area contributed by atoms with Crippen molar-refractivity contribution in [3.05, 3.63) is 0 Å². The average molecular weight is 557 g/mol. The molecule has 40 heavy (non-hydrogen) atoms. The van der Waals surface area contributed by atoms with Crippen molar-refractivity contribution >= 4 is 17.9 Å². The summed E-state index contributed by atoms with van der Waals surface area (Å²) in [6, 6.07) is 0. The number of rotatable bonds is 4. The third-order valence-electron chi connectivity index (χ3n) is 14.8. The molecule has 0 aromatic heterocycles. The smallest absolute Gasteiger partial charge is 0.312 e. The van der Waals surface area contributed by atoms with Gasteiger partial charge in [-0.3, -0.25) is 14.4 Å². The number of fused-ring (bicyclic) bond motifs is 5. The number of hydrogen-bond acceptors (Lipinski definition) is 5. The standard InChI is InChI=1S/C34H52O6/c1-29(2)16-18-34-19-17-32(6)20(26(34)27(29)40-28(34)38)8-9-22-31(5)14-13-23(39-25(37)11-10-24(35)36)30(3,4)21(31)12-15-33(22,32)7/h20-23,26-27H,8-19H2,1-7H3,(H,35,36)/t20-,21+,22-,23+,26+,27-,31+,32-,33-,34-/m1/s1. The van der Waals surface area contributed by atoms with Crippen LogP contribution >= 0.6 is 0 Å². The fourth-order valence-corrected chi connectivity index (χ4v) is 12.4. The monoisotopic (exact) mass is 556 g/mol. The minimum absolute atomic E-state index is 0.0459. The van der Waals surface area contributed by atoms with Crippen molar-refractivity contribution in [1.29, 1.82) is 0 Å². The maximum absolute atomic E-state index is 13.4. The van der Waals surface area contributed by atoms with Gasteiger partial charge in [-0.1, -0.05) is 48.5 Å². The minimum atomic E-state index is -0.961. The number of aliphatic carboxylic acids is 1. The molecule has 6 aliphatic rings. The molecule has 6 rings (SSSR count). The van der Waals surface area contributed by atoms with E-state index < -0.39 is 5.97 Å². The van der Waals surface area contributed by atoms with Gasteiger partial charge in [-0.2, -0.15) is 0 Å². The van der Waals surface area contributed by atoms with Gasteiger partial charge in [0.25, 0.3) is 0 Å². The van der Waals surface area contributed by atoms with Crippen LogP contribution in [-0.4, -0.2) is 35.2 Å². The first-order valence-electron chi connectivity index (χ1n) is 16.2. The van der Waals surface area contributed by atoms with E-state index in [1.165, 1.54) is 19.3 Å². The summed E-state index contributed by atoms with van der Waals surface area (Å²) in [4.78, 5) is 37.0. The van der Waals surface area contributed by atoms with Crippen molar-refractivity contribution in [3.63, 3.8) is 0 Å². The van der Waals surface area contributed by atoms with Crippen molar-refractivity contribution in [2.45, 2.75) is 138 Å². The van der Waals surface area contributed by atoms with Crippen molar-refractivity contribution in [2.75, 3.05) is 0 Å². The lowest BCUT2D eigenvalue weighted by Gasteiger charge is -2.73. The molecule has 1 aliphatic heterocycles. The Bertz CT molecular complexity index is 1110. The van der Waals surface area contributed by atoms with Gasteiger partial charge in [0.05, 0.1) is 18.3 Å². The van der Waals surface area contributed by atoms with Gasteiger partial charge in [-0.25, -0.2) is 0 Å². The molecule has 0 aromatic carbocycles. The van der Waals surface area contributed by atoms with Crippen LogP contribution in [0.15, 0.2) is 0 Å². The van der Waals surface area contributed by atoms with Gasteiger partial charge in [0, 0.05) is 16.7 Å². The molecule has 6 nitrogen and oxygen atoms in total. The van der Waals surface area contributed by atoms with E-state index in [-0.39, 0.29) is 69.5 Å². The van der Waals surface area contributed by atoms with Crippen LogP contribution in [0.2, 0.25) is 0 Å². The van der Waals surface area contributed by atoms with Crippen LogP contribution in [0, 0.1) is 56.2 Å². The van der Waals surface area contributed by atoms with Gasteiger partial charge in [-0.05, 0) is 98.2 Å². The van der Waals surface area contributed by atoms with E-state index in [1.807, 2.05) is 0 Å². The second-order valence-electron chi connectivity index (χ2n) is 16.9. The van der Waals surface area contributed by atoms with E-state index in [0.717, 1.165) is 44.9 Å². The summed E-state index contributed by atoms with van der Waals surface area (Å²) in [5, 5.41) is 9.00. The van der Waals surface area contributed by atoms with Gasteiger partial charge in [0.1, 0.15) is 12.2 Å². The summed E-state index contributed by atoms with van der Waals surface area (Å²) in [5.41, 5.74) is 0.189. The van der Waals surface area contributed by atoms with E-state index in [2.05, 4.69) is 48.5 Å². The Kier molecular flexibility index (Phi) is 6.22. The predicted molar refractivity (Wildman–Crippen MR) is 151 cm³/mol. The largest absolute Gasteiger partial charge is 0.481 e. The van der Waals surface area contributed by atoms with Gasteiger partial charge in [-0.15, -0.1) is 0 Å². The summed E-state index contributed by atoms with van der Waals surface area (Å²) in [6.07, 6.45) is 10.4. The molecule has 1 saturated heterocycles. The summed E-state index contributed by atoms with van der Waals surface area (Å²) < 4.78 is 12.3. The Morgan fingerprint density at radius 2 is 1.52 bits per heavy atom. The molecule has 0 amide bonds. The lowest BCUT2D eigenvalue weighted by atomic mass is 9.31. The lowest BCUT2D eigenvalue weighted by molar-refractivity contribution is -0.254. The first-order chi connectivity index (χ1) is 18.5. The molecule has 0 unspecified atom stereocenters. The van der Waals surface area contributed by atoms with Crippen LogP contribution in [-0.2, 0) is 23.9 Å². The number of esters is 2. The van der Waals surface area contributed by atoms with Gasteiger partial charge >= 0.3 is 17.9 Å². The SMILES string of the molecule is CC1(C)CC[C@@]23CC[C@]4(C)[C@H](CC[C@@H]5[C@@]6(C)CC[C@H](OC(=O)CCC(=O)O)C(C)(C)[C@@H]6CC[C@]54C)[C@H]2[C@H]1OC3=O. The van der Waals surface area contributed by atoms with Crippen molar-refractivity contribution in [1.82, 2.24) is 0 Å². The fourth-order valence-electron chi connectivity index (χ4n) is 12.4. The maximum atomic E-state index is 13.4. The van der Waals surface area contributed by atoms with E-state index in [4.69, 9.17) is 14.6 Å². The molecule has 5 saturated carbocycles. The predicted octanol–water partition coefficient (Wildman–Crippen LogP) is 7.18. The van der Waals surface area contributed by atoms with Crippen molar-refractivity contribution in [2.24, 2.45) is 56.2 Å². The first kappa shape index (κ1) is 28.5. The second-order valence-corrected chi connectivity index (χ2v) is 16.9. The molecule has 2 bridgehead atoms. The van der Waals surface area contributed by atoms with Crippen LogP contribution in [0.1, 0.15) is 126 Å². The Morgan fingerprint density at radius 3 is 2.23 bits per heavy atom. The summed E-state index contributed by atoms with van der Waals surface area (Å²) in [7, 11) is 0. The van der Waals surface area contributed by atoms with Gasteiger partial charge in [0.15, 0.2) is 0 Å². The Morgan fingerprint density at radius 1 is 0.825 bits per heavy atom. The third-order valence-corrected chi connectivity index (χ3v) is 14.8. The zero-order valence-corrected chi connectivity index (χ0v) is 25.9. The Labute approximate surface area is 240 Å². The number of carboxylic acids is 1. The van der Waals surface area contributed by atoms with Crippen LogP contribution in [0.25, 0.3) is 0 Å². The number of ether oxygens (including phenoxy) is 2. The Balaban J connectivity index is 1.28.